The van der Waals surface area contributed by atoms with Crippen LogP contribution in [0.15, 0.2) is 60.7 Å². The Morgan fingerprint density at radius 1 is 0.938 bits per heavy atom. The van der Waals surface area contributed by atoms with E-state index in [9.17, 15) is 14.4 Å². The number of anilines is 1. The van der Waals surface area contributed by atoms with Crippen molar-refractivity contribution >= 4 is 23.4 Å². The Morgan fingerprint density at radius 2 is 1.56 bits per heavy atom. The highest BCUT2D eigenvalue weighted by molar-refractivity contribution is 6.10. The van der Waals surface area contributed by atoms with E-state index in [0.29, 0.717) is 17.4 Å². The van der Waals surface area contributed by atoms with Gasteiger partial charge in [-0.2, -0.15) is 0 Å². The molecule has 2 aromatic carbocycles. The molecule has 7 rings (SSSR count). The van der Waals surface area contributed by atoms with E-state index in [1.54, 1.807) is 17.0 Å². The number of hydrogen-bond donors (Lipinski definition) is 0. The summed E-state index contributed by atoms with van der Waals surface area (Å²) in [4.78, 5) is 43.6. The maximum Gasteiger partial charge on any atom is 0.259 e. The van der Waals surface area contributed by atoms with Gasteiger partial charge in [-0.25, -0.2) is 0 Å². The first-order valence-electron chi connectivity index (χ1n) is 11.4. The second-order valence-electron chi connectivity index (χ2n) is 9.79. The maximum atomic E-state index is 13.6. The number of benzene rings is 2. The van der Waals surface area contributed by atoms with Crippen molar-refractivity contribution in [3.05, 3.63) is 77.4 Å². The summed E-state index contributed by atoms with van der Waals surface area (Å²) in [6, 6.07) is 15.0. The van der Waals surface area contributed by atoms with E-state index >= 15 is 0 Å². The van der Waals surface area contributed by atoms with Gasteiger partial charge in [0.2, 0.25) is 11.8 Å². The highest BCUT2D eigenvalue weighted by Gasteiger charge is 2.67. The van der Waals surface area contributed by atoms with E-state index in [1.807, 2.05) is 50.2 Å². The van der Waals surface area contributed by atoms with Crippen molar-refractivity contribution in [3.8, 4) is 0 Å². The van der Waals surface area contributed by atoms with Gasteiger partial charge in [0.1, 0.15) is 6.67 Å². The van der Waals surface area contributed by atoms with Crippen LogP contribution in [0, 0.1) is 49.4 Å². The minimum Gasteiger partial charge on any atom is -0.289 e. The van der Waals surface area contributed by atoms with Crippen molar-refractivity contribution in [2.75, 3.05) is 11.6 Å². The van der Waals surface area contributed by atoms with Gasteiger partial charge >= 0.3 is 0 Å². The molecule has 0 radical (unpaired) electrons. The molecule has 0 unspecified atom stereocenters. The molecule has 0 aromatic heterocycles. The summed E-state index contributed by atoms with van der Waals surface area (Å²) in [6.45, 7) is 3.88. The third-order valence-electron chi connectivity index (χ3n) is 7.96. The molecule has 2 bridgehead atoms. The molecule has 1 aliphatic heterocycles. The molecule has 4 aliphatic carbocycles. The summed E-state index contributed by atoms with van der Waals surface area (Å²) in [6.07, 6.45) is 5.48. The summed E-state index contributed by atoms with van der Waals surface area (Å²) in [7, 11) is 0. The molecule has 1 heterocycles. The van der Waals surface area contributed by atoms with Crippen LogP contribution in [0.5, 0.6) is 0 Å². The van der Waals surface area contributed by atoms with Crippen LogP contribution in [-0.2, 0) is 9.59 Å². The average Bonchev–Trinajstić information content (AvgIpc) is 3.59. The van der Waals surface area contributed by atoms with Crippen molar-refractivity contribution < 1.29 is 14.4 Å². The van der Waals surface area contributed by atoms with Crippen molar-refractivity contribution in [1.29, 1.82) is 0 Å². The van der Waals surface area contributed by atoms with E-state index in [0.717, 1.165) is 23.2 Å². The fourth-order valence-corrected chi connectivity index (χ4v) is 6.30. The van der Waals surface area contributed by atoms with Crippen LogP contribution >= 0.6 is 0 Å². The van der Waals surface area contributed by atoms with Crippen molar-refractivity contribution in [3.63, 3.8) is 0 Å². The number of rotatable bonds is 4. The average molecular weight is 427 g/mol. The van der Waals surface area contributed by atoms with Gasteiger partial charge in [-0.3, -0.25) is 24.2 Å². The molecule has 0 N–H and O–H groups in total. The minimum absolute atomic E-state index is 0.0442. The molecule has 162 valence electrons. The predicted molar refractivity (Wildman–Crippen MR) is 121 cm³/mol. The molecule has 0 spiro atoms. The Morgan fingerprint density at radius 3 is 2.19 bits per heavy atom. The maximum absolute atomic E-state index is 13.6. The zero-order valence-electron chi connectivity index (χ0n) is 18.3. The smallest absolute Gasteiger partial charge is 0.259 e. The second-order valence-corrected chi connectivity index (χ2v) is 9.79. The van der Waals surface area contributed by atoms with Crippen LogP contribution in [0.3, 0.4) is 0 Å². The Bertz CT molecular complexity index is 1130. The Kier molecular flexibility index (Phi) is 4.19. The highest BCUT2D eigenvalue weighted by Crippen LogP contribution is 2.65. The molecule has 5 aliphatic rings. The molecule has 6 atom stereocenters. The van der Waals surface area contributed by atoms with Gasteiger partial charge in [-0.1, -0.05) is 42.5 Å². The number of allylic oxidation sites excluding steroid dienone is 2. The molecular formula is C27H26N2O3. The number of nitrogens with zero attached hydrogens (tertiary/aromatic N) is 2. The van der Waals surface area contributed by atoms with Crippen LogP contribution in [0.1, 0.15) is 27.9 Å². The molecular weight excluding hydrogens is 400 g/mol. The third-order valence-corrected chi connectivity index (χ3v) is 7.96. The zero-order valence-corrected chi connectivity index (χ0v) is 18.3. The standard InChI is InChI=1S/C27H26N2O3/c1-15-8-9-16(2)22(12-15)28(25(30)17-6-4-3-5-7-17)14-29-26(31)23-18-10-11-19(21-13-20(18)21)24(23)27(29)32/h3-12,18-21,23-24H,13-14H2,1-2H3/t18-,19-,20-,21+,23-,24+/m0/s1. The quantitative estimate of drug-likeness (QED) is 0.549. The summed E-state index contributed by atoms with van der Waals surface area (Å²) in [5.74, 6) is 0.529. The third kappa shape index (κ3) is 2.73. The van der Waals surface area contributed by atoms with Crippen LogP contribution in [0.25, 0.3) is 0 Å². The lowest BCUT2D eigenvalue weighted by Gasteiger charge is -2.37. The number of carbonyl (C=O) groups is 3. The number of carbonyl (C=O) groups excluding carboxylic acids is 3. The lowest BCUT2D eigenvalue weighted by atomic mass is 9.63. The molecule has 3 amide bonds. The van der Waals surface area contributed by atoms with Gasteiger partial charge < -0.3 is 0 Å². The lowest BCUT2D eigenvalue weighted by Crippen LogP contribution is -2.45. The molecule has 32 heavy (non-hydrogen) atoms. The number of amides is 3. The van der Waals surface area contributed by atoms with E-state index in [2.05, 4.69) is 12.2 Å². The fourth-order valence-electron chi connectivity index (χ4n) is 6.30. The Balaban J connectivity index is 1.37. The summed E-state index contributed by atoms with van der Waals surface area (Å²) in [5, 5.41) is 0. The van der Waals surface area contributed by atoms with Crippen LogP contribution in [0.4, 0.5) is 5.69 Å². The first-order valence-corrected chi connectivity index (χ1v) is 11.4. The van der Waals surface area contributed by atoms with E-state index in [4.69, 9.17) is 0 Å². The number of aryl methyl sites for hydroxylation is 2. The monoisotopic (exact) mass is 426 g/mol. The number of likely N-dealkylation sites (tertiary alicyclic amines) is 1. The molecule has 2 saturated carbocycles. The molecule has 3 fully saturated rings. The van der Waals surface area contributed by atoms with Crippen LogP contribution in [0.2, 0.25) is 0 Å². The van der Waals surface area contributed by atoms with Crippen LogP contribution < -0.4 is 4.90 Å². The van der Waals surface area contributed by atoms with Gasteiger partial charge in [0.15, 0.2) is 0 Å². The van der Waals surface area contributed by atoms with Gasteiger partial charge in [0.25, 0.3) is 5.91 Å². The summed E-state index contributed by atoms with van der Waals surface area (Å²) >= 11 is 0. The summed E-state index contributed by atoms with van der Waals surface area (Å²) in [5.41, 5.74) is 3.22. The van der Waals surface area contributed by atoms with Crippen molar-refractivity contribution in [1.82, 2.24) is 4.90 Å². The van der Waals surface area contributed by atoms with E-state index in [1.165, 1.54) is 4.90 Å². The molecule has 1 saturated heterocycles. The SMILES string of the molecule is Cc1ccc(C)c(N(CN2C(=O)[C@@H]3[C@H]4C=C[C@@H]([C@@H]5C[C@H]45)[C@@H]3C2=O)C(=O)c2ccccc2)c1. The number of hydrogen-bond acceptors (Lipinski definition) is 3. The normalized spacial score (nSPS) is 31.5. The topological polar surface area (TPSA) is 57.7 Å². The van der Waals surface area contributed by atoms with E-state index < -0.39 is 0 Å². The van der Waals surface area contributed by atoms with Gasteiger partial charge in [-0.15, -0.1) is 0 Å². The molecule has 5 nitrogen and oxygen atoms in total. The van der Waals surface area contributed by atoms with Crippen molar-refractivity contribution in [2.45, 2.75) is 20.3 Å². The first-order chi connectivity index (χ1) is 15.5. The van der Waals surface area contributed by atoms with Gasteiger partial charge in [0, 0.05) is 11.3 Å². The lowest BCUT2D eigenvalue weighted by molar-refractivity contribution is -0.140. The highest BCUT2D eigenvalue weighted by atomic mass is 16.2. The van der Waals surface area contributed by atoms with Crippen molar-refractivity contribution in [2.24, 2.45) is 35.5 Å². The summed E-state index contributed by atoms with van der Waals surface area (Å²) < 4.78 is 0. The Labute approximate surface area is 187 Å². The first kappa shape index (κ1) is 19.5. The number of imide groups is 1. The molecule has 2 aromatic rings. The van der Waals surface area contributed by atoms with Gasteiger partial charge in [0.05, 0.1) is 11.8 Å². The fraction of sp³-hybridized carbons (Fsp3) is 0.370. The minimum atomic E-state index is -0.256. The largest absolute Gasteiger partial charge is 0.289 e. The van der Waals surface area contributed by atoms with E-state index in [-0.39, 0.29) is 48.1 Å². The van der Waals surface area contributed by atoms with Crippen LogP contribution in [-0.4, -0.2) is 29.3 Å². The zero-order chi connectivity index (χ0) is 22.1. The Hall–Kier alpha value is -3.21. The molecule has 5 heteroatoms. The van der Waals surface area contributed by atoms with Gasteiger partial charge in [-0.05, 0) is 73.3 Å². The second kappa shape index (κ2) is 6.89. The predicted octanol–water partition coefficient (Wildman–Crippen LogP) is 3.96.